The summed E-state index contributed by atoms with van der Waals surface area (Å²) in [5.74, 6) is -5.32. The van der Waals surface area contributed by atoms with E-state index < -0.39 is 61.5 Å². The van der Waals surface area contributed by atoms with E-state index >= 15 is 0 Å². The second-order valence-electron chi connectivity index (χ2n) is 6.97. The number of aliphatic hydroxyl groups excluding tert-OH is 4. The van der Waals surface area contributed by atoms with Crippen LogP contribution in [0, 0.1) is 0 Å². The molecule has 0 radical (unpaired) electrons. The van der Waals surface area contributed by atoms with E-state index in [9.17, 15) is 39.9 Å². The zero-order valence-corrected chi connectivity index (χ0v) is 16.8. The summed E-state index contributed by atoms with van der Waals surface area (Å²) in [6.45, 7) is 2.05. The third-order valence-electron chi connectivity index (χ3n) is 4.58. The minimum atomic E-state index is -2.92. The highest BCUT2D eigenvalue weighted by atomic mass is 16.8. The van der Waals surface area contributed by atoms with Gasteiger partial charge in [0, 0.05) is 13.0 Å². The Morgan fingerprint density at radius 3 is 2.42 bits per heavy atom. The Morgan fingerprint density at radius 1 is 1.16 bits per heavy atom. The number of carboxylic acid groups (broad SMARTS) is 1. The van der Waals surface area contributed by atoms with Crippen LogP contribution in [0.25, 0.3) is 0 Å². The molecule has 2 amide bonds. The van der Waals surface area contributed by atoms with Crippen LogP contribution in [0.4, 0.5) is 0 Å². The number of hydrogen-bond donors (Lipinski definition) is 8. The predicted octanol–water partition coefficient (Wildman–Crippen LogP) is -3.45. The zero-order chi connectivity index (χ0) is 23.6. The number of unbranched alkanes of at least 4 members (excludes halogenated alkanes) is 2. The normalized spacial score (nSPS) is 29.1. The number of rotatable bonds is 13. The molecule has 0 aromatic heterocycles. The van der Waals surface area contributed by atoms with E-state index in [-0.39, 0.29) is 12.3 Å². The smallest absolute Gasteiger partial charge is 0.328 e. The van der Waals surface area contributed by atoms with Gasteiger partial charge in [-0.3, -0.25) is 9.59 Å². The third-order valence-corrected chi connectivity index (χ3v) is 4.58. The zero-order valence-electron chi connectivity index (χ0n) is 16.8. The van der Waals surface area contributed by atoms with Crippen molar-refractivity contribution in [3.63, 3.8) is 0 Å². The van der Waals surface area contributed by atoms with Gasteiger partial charge in [0.2, 0.25) is 11.8 Å². The van der Waals surface area contributed by atoms with Crippen LogP contribution in [-0.4, -0.2) is 105 Å². The molecule has 1 aliphatic rings. The number of carboxylic acids is 1. The van der Waals surface area contributed by atoms with Gasteiger partial charge in [-0.25, -0.2) is 4.79 Å². The highest BCUT2D eigenvalue weighted by molar-refractivity contribution is 5.86. The Morgan fingerprint density at radius 2 is 1.84 bits per heavy atom. The lowest BCUT2D eigenvalue weighted by atomic mass is 9.98. The van der Waals surface area contributed by atoms with Gasteiger partial charge in [0.25, 0.3) is 0 Å². The van der Waals surface area contributed by atoms with Crippen molar-refractivity contribution < 1.29 is 54.5 Å². The molecule has 1 aliphatic heterocycles. The highest BCUT2D eigenvalue weighted by Gasteiger charge is 2.54. The molecule has 0 aliphatic carbocycles. The molecule has 0 aromatic rings. The van der Waals surface area contributed by atoms with Gasteiger partial charge in [-0.05, 0) is 18.9 Å². The first-order valence-corrected chi connectivity index (χ1v) is 9.67. The van der Waals surface area contributed by atoms with Crippen molar-refractivity contribution in [2.24, 2.45) is 0 Å². The summed E-state index contributed by atoms with van der Waals surface area (Å²) in [7, 11) is 0. The fraction of sp³-hybridized carbons (Fsp3) is 0.722. The summed E-state index contributed by atoms with van der Waals surface area (Å²) >= 11 is 0. The summed E-state index contributed by atoms with van der Waals surface area (Å²) in [6, 6.07) is -1.62. The summed E-state index contributed by atoms with van der Waals surface area (Å²) in [4.78, 5) is 34.3. The van der Waals surface area contributed by atoms with E-state index in [0.717, 1.165) is 6.08 Å². The first-order chi connectivity index (χ1) is 14.6. The van der Waals surface area contributed by atoms with Gasteiger partial charge in [-0.15, -0.1) is 0 Å². The Balaban J connectivity index is 2.50. The SMILES string of the molecule is C=CC(=O)NCCCCCC(=O)NC(COC1(O)O[C@H](CO)[C@@H](O)[C@H](O)[C@H]1O)C(=O)O. The number of carbonyl (C=O) groups excluding carboxylic acids is 2. The molecular formula is C18H30N2O11. The molecule has 1 heterocycles. The van der Waals surface area contributed by atoms with Crippen LogP contribution in [0.15, 0.2) is 12.7 Å². The molecule has 6 atom stereocenters. The maximum absolute atomic E-state index is 12.0. The lowest BCUT2D eigenvalue weighted by Crippen LogP contribution is -2.66. The number of nitrogens with one attached hydrogen (secondary N) is 2. The Kier molecular flexibility index (Phi) is 11.0. The molecule has 1 fully saturated rings. The van der Waals surface area contributed by atoms with Gasteiger partial charge >= 0.3 is 11.9 Å². The Hall–Kier alpha value is -2.13. The molecule has 13 heteroatoms. The average Bonchev–Trinajstić information content (AvgIpc) is 2.74. The summed E-state index contributed by atoms with van der Waals surface area (Å²) in [6.07, 6.45) is -4.55. The molecule has 0 spiro atoms. The lowest BCUT2D eigenvalue weighted by molar-refractivity contribution is -0.449. The van der Waals surface area contributed by atoms with Crippen LogP contribution >= 0.6 is 0 Å². The molecule has 0 saturated carbocycles. The van der Waals surface area contributed by atoms with Crippen molar-refractivity contribution in [3.8, 4) is 0 Å². The van der Waals surface area contributed by atoms with Gasteiger partial charge in [-0.2, -0.15) is 0 Å². The largest absolute Gasteiger partial charge is 0.480 e. The van der Waals surface area contributed by atoms with Crippen molar-refractivity contribution in [3.05, 3.63) is 12.7 Å². The van der Waals surface area contributed by atoms with Crippen LogP contribution < -0.4 is 10.6 Å². The quantitative estimate of drug-likeness (QED) is 0.0784. The van der Waals surface area contributed by atoms with E-state index in [4.69, 9.17) is 14.6 Å². The molecule has 13 nitrogen and oxygen atoms in total. The summed E-state index contributed by atoms with van der Waals surface area (Å²) in [5.41, 5.74) is 0. The Labute approximate surface area is 178 Å². The van der Waals surface area contributed by atoms with Crippen molar-refractivity contribution in [1.29, 1.82) is 0 Å². The predicted molar refractivity (Wildman–Crippen MR) is 102 cm³/mol. The minimum Gasteiger partial charge on any atom is -0.480 e. The number of hydrogen-bond acceptors (Lipinski definition) is 10. The summed E-state index contributed by atoms with van der Waals surface area (Å²) < 4.78 is 9.77. The number of ether oxygens (including phenoxy) is 2. The van der Waals surface area contributed by atoms with Crippen LogP contribution in [0.1, 0.15) is 25.7 Å². The molecule has 1 saturated heterocycles. The molecule has 31 heavy (non-hydrogen) atoms. The number of amides is 2. The number of carbonyl (C=O) groups is 3. The maximum Gasteiger partial charge on any atom is 0.328 e. The van der Waals surface area contributed by atoms with Crippen molar-refractivity contribution >= 4 is 17.8 Å². The second kappa shape index (κ2) is 12.7. The second-order valence-corrected chi connectivity index (χ2v) is 6.97. The van der Waals surface area contributed by atoms with Crippen LogP contribution in [0.3, 0.4) is 0 Å². The van der Waals surface area contributed by atoms with E-state index in [1.54, 1.807) is 0 Å². The van der Waals surface area contributed by atoms with Crippen LogP contribution in [0.5, 0.6) is 0 Å². The van der Waals surface area contributed by atoms with Gasteiger partial charge in [0.1, 0.15) is 18.3 Å². The van der Waals surface area contributed by atoms with Crippen molar-refractivity contribution in [2.45, 2.75) is 62.1 Å². The van der Waals surface area contributed by atoms with Gasteiger partial charge in [0.05, 0.1) is 13.2 Å². The fourth-order valence-electron chi connectivity index (χ4n) is 2.76. The molecule has 0 aromatic carbocycles. The lowest BCUT2D eigenvalue weighted by Gasteiger charge is -2.44. The average molecular weight is 450 g/mol. The van der Waals surface area contributed by atoms with E-state index in [1.165, 1.54) is 0 Å². The monoisotopic (exact) mass is 450 g/mol. The first kappa shape index (κ1) is 26.9. The summed E-state index contributed by atoms with van der Waals surface area (Å²) in [5, 5.41) is 62.7. The van der Waals surface area contributed by atoms with Crippen molar-refractivity contribution in [1.82, 2.24) is 10.6 Å². The van der Waals surface area contributed by atoms with Gasteiger partial charge in [-0.1, -0.05) is 13.0 Å². The number of aliphatic hydroxyl groups is 5. The topological polar surface area (TPSA) is 215 Å². The fourth-order valence-corrected chi connectivity index (χ4v) is 2.76. The molecule has 0 bridgehead atoms. The molecule has 8 N–H and O–H groups in total. The molecule has 1 rings (SSSR count). The van der Waals surface area contributed by atoms with Crippen LogP contribution in [0.2, 0.25) is 0 Å². The van der Waals surface area contributed by atoms with Gasteiger partial charge < -0.3 is 50.7 Å². The minimum absolute atomic E-state index is 0.0000700. The standard InChI is InChI=1S/C18H30N2O11/c1-2-12(22)19-7-5-3-4-6-13(23)20-10(17(27)28)9-30-18(29)16(26)15(25)14(24)11(8-21)31-18/h2,10-11,14-16,21,24-26,29H,1,3-9H2,(H,19,22)(H,20,23)(H,27,28)/t10?,11-,14-,15+,16-,18?/m1/s1. The highest BCUT2D eigenvalue weighted by Crippen LogP contribution is 2.29. The van der Waals surface area contributed by atoms with E-state index in [0.29, 0.717) is 25.8 Å². The van der Waals surface area contributed by atoms with Crippen molar-refractivity contribution in [2.75, 3.05) is 19.8 Å². The van der Waals surface area contributed by atoms with E-state index in [2.05, 4.69) is 17.2 Å². The van der Waals surface area contributed by atoms with Gasteiger partial charge in [0.15, 0.2) is 12.1 Å². The third kappa shape index (κ3) is 8.14. The van der Waals surface area contributed by atoms with E-state index in [1.807, 2.05) is 0 Å². The molecule has 178 valence electrons. The Bertz CT molecular complexity index is 630. The molecular weight excluding hydrogens is 420 g/mol. The first-order valence-electron chi connectivity index (χ1n) is 9.67. The maximum atomic E-state index is 12.0. The molecule has 2 unspecified atom stereocenters. The number of aliphatic carboxylic acids is 1. The van der Waals surface area contributed by atoms with Crippen LogP contribution in [-0.2, 0) is 23.9 Å².